The largest absolute Gasteiger partial charge is 0.337 e. The molecule has 5 nitrogen and oxygen atoms in total. The summed E-state index contributed by atoms with van der Waals surface area (Å²) in [6, 6.07) is 3.75. The SMILES string of the molecule is CCNC(C)(C)c1nc(-c2cccnc2)no1. The summed E-state index contributed by atoms with van der Waals surface area (Å²) in [6.45, 7) is 6.91. The first-order valence-electron chi connectivity index (χ1n) is 5.63. The van der Waals surface area contributed by atoms with Gasteiger partial charge in [0.05, 0.1) is 5.54 Å². The molecule has 5 heteroatoms. The number of aromatic nitrogens is 3. The van der Waals surface area contributed by atoms with Crippen LogP contribution in [0.25, 0.3) is 11.4 Å². The van der Waals surface area contributed by atoms with Gasteiger partial charge in [0.25, 0.3) is 0 Å². The van der Waals surface area contributed by atoms with Gasteiger partial charge in [0, 0.05) is 18.0 Å². The molecule has 2 aromatic rings. The lowest BCUT2D eigenvalue weighted by molar-refractivity contribution is 0.272. The predicted octanol–water partition coefficient (Wildman–Crippen LogP) is 1.98. The van der Waals surface area contributed by atoms with Gasteiger partial charge in [-0.15, -0.1) is 0 Å². The molecule has 0 aliphatic rings. The summed E-state index contributed by atoms with van der Waals surface area (Å²) in [7, 11) is 0. The number of hydrogen-bond donors (Lipinski definition) is 1. The highest BCUT2D eigenvalue weighted by Gasteiger charge is 2.26. The maximum atomic E-state index is 5.29. The Hall–Kier alpha value is -1.75. The van der Waals surface area contributed by atoms with E-state index in [1.54, 1.807) is 12.4 Å². The van der Waals surface area contributed by atoms with Crippen LogP contribution in [0.3, 0.4) is 0 Å². The van der Waals surface area contributed by atoms with Crippen molar-refractivity contribution in [2.24, 2.45) is 0 Å². The third kappa shape index (κ3) is 2.50. The van der Waals surface area contributed by atoms with Crippen LogP contribution in [0.15, 0.2) is 29.0 Å². The van der Waals surface area contributed by atoms with E-state index >= 15 is 0 Å². The lowest BCUT2D eigenvalue weighted by Gasteiger charge is -2.20. The van der Waals surface area contributed by atoms with Gasteiger partial charge in [0.2, 0.25) is 11.7 Å². The van der Waals surface area contributed by atoms with Crippen molar-refractivity contribution in [2.75, 3.05) is 6.54 Å². The van der Waals surface area contributed by atoms with E-state index in [-0.39, 0.29) is 5.54 Å². The second-order valence-electron chi connectivity index (χ2n) is 4.32. The van der Waals surface area contributed by atoms with Crippen LogP contribution >= 0.6 is 0 Å². The van der Waals surface area contributed by atoms with Crippen LogP contribution in [0.5, 0.6) is 0 Å². The van der Waals surface area contributed by atoms with Crippen molar-refractivity contribution in [1.82, 2.24) is 20.4 Å². The van der Waals surface area contributed by atoms with Crippen LogP contribution in [0.1, 0.15) is 26.7 Å². The van der Waals surface area contributed by atoms with Gasteiger partial charge in [-0.1, -0.05) is 12.1 Å². The van der Waals surface area contributed by atoms with E-state index in [0.717, 1.165) is 12.1 Å². The van der Waals surface area contributed by atoms with Crippen molar-refractivity contribution in [1.29, 1.82) is 0 Å². The van der Waals surface area contributed by atoms with E-state index in [2.05, 4.69) is 20.4 Å². The van der Waals surface area contributed by atoms with Crippen LogP contribution in [-0.2, 0) is 5.54 Å². The molecule has 0 spiro atoms. The van der Waals surface area contributed by atoms with E-state index in [1.807, 2.05) is 32.9 Å². The Morgan fingerprint density at radius 3 is 2.88 bits per heavy atom. The molecule has 90 valence electrons. The minimum absolute atomic E-state index is 0.317. The van der Waals surface area contributed by atoms with E-state index in [1.165, 1.54) is 0 Å². The van der Waals surface area contributed by atoms with E-state index < -0.39 is 0 Å². The molecule has 0 aromatic carbocycles. The Bertz CT molecular complexity index is 478. The first-order valence-corrected chi connectivity index (χ1v) is 5.63. The Balaban J connectivity index is 2.28. The van der Waals surface area contributed by atoms with Gasteiger partial charge in [-0.2, -0.15) is 4.98 Å². The third-order valence-corrected chi connectivity index (χ3v) is 2.50. The van der Waals surface area contributed by atoms with Gasteiger partial charge in [-0.05, 0) is 32.5 Å². The molecule has 0 radical (unpaired) electrons. The third-order valence-electron chi connectivity index (χ3n) is 2.50. The van der Waals surface area contributed by atoms with E-state index in [0.29, 0.717) is 11.7 Å². The van der Waals surface area contributed by atoms with Crippen molar-refractivity contribution in [2.45, 2.75) is 26.3 Å². The van der Waals surface area contributed by atoms with E-state index in [4.69, 9.17) is 4.52 Å². The van der Waals surface area contributed by atoms with Crippen molar-refractivity contribution in [3.63, 3.8) is 0 Å². The van der Waals surface area contributed by atoms with Crippen molar-refractivity contribution in [3.8, 4) is 11.4 Å². The molecule has 0 saturated carbocycles. The first kappa shape index (κ1) is 11.7. The quantitative estimate of drug-likeness (QED) is 0.873. The average Bonchev–Trinajstić information content (AvgIpc) is 2.80. The van der Waals surface area contributed by atoms with Crippen LogP contribution in [0.4, 0.5) is 0 Å². The Morgan fingerprint density at radius 2 is 2.24 bits per heavy atom. The second kappa shape index (κ2) is 4.63. The molecule has 0 unspecified atom stereocenters. The van der Waals surface area contributed by atoms with Gasteiger partial charge >= 0.3 is 0 Å². The molecule has 0 saturated heterocycles. The normalized spacial score (nSPS) is 11.7. The zero-order chi connectivity index (χ0) is 12.3. The maximum Gasteiger partial charge on any atom is 0.246 e. The van der Waals surface area contributed by atoms with Gasteiger partial charge in [-0.3, -0.25) is 4.98 Å². The van der Waals surface area contributed by atoms with Crippen molar-refractivity contribution < 1.29 is 4.52 Å². The number of nitrogens with zero attached hydrogens (tertiary/aromatic N) is 3. The first-order chi connectivity index (χ1) is 8.13. The molecule has 2 rings (SSSR count). The lowest BCUT2D eigenvalue weighted by atomic mass is 10.1. The van der Waals surface area contributed by atoms with Crippen LogP contribution in [-0.4, -0.2) is 21.7 Å². The fourth-order valence-corrected chi connectivity index (χ4v) is 1.61. The number of pyridine rings is 1. The van der Waals surface area contributed by atoms with Crippen molar-refractivity contribution in [3.05, 3.63) is 30.4 Å². The molecule has 0 fully saturated rings. The molecular weight excluding hydrogens is 216 g/mol. The highest BCUT2D eigenvalue weighted by atomic mass is 16.5. The van der Waals surface area contributed by atoms with E-state index in [9.17, 15) is 0 Å². The molecule has 2 heterocycles. The highest BCUT2D eigenvalue weighted by Crippen LogP contribution is 2.21. The summed E-state index contributed by atoms with van der Waals surface area (Å²) in [5, 5.41) is 7.26. The molecule has 17 heavy (non-hydrogen) atoms. The monoisotopic (exact) mass is 232 g/mol. The minimum Gasteiger partial charge on any atom is -0.337 e. The summed E-state index contributed by atoms with van der Waals surface area (Å²) in [5.41, 5.74) is 0.539. The average molecular weight is 232 g/mol. The molecule has 0 atom stereocenters. The fraction of sp³-hybridized carbons (Fsp3) is 0.417. The summed E-state index contributed by atoms with van der Waals surface area (Å²) in [4.78, 5) is 8.42. The summed E-state index contributed by atoms with van der Waals surface area (Å²) in [6.07, 6.45) is 3.43. The smallest absolute Gasteiger partial charge is 0.246 e. The molecule has 0 aliphatic carbocycles. The lowest BCUT2D eigenvalue weighted by Crippen LogP contribution is -2.36. The Morgan fingerprint density at radius 1 is 1.41 bits per heavy atom. The van der Waals surface area contributed by atoms with Gasteiger partial charge < -0.3 is 9.84 Å². The van der Waals surface area contributed by atoms with Gasteiger partial charge in [-0.25, -0.2) is 0 Å². The molecule has 0 bridgehead atoms. The molecule has 2 aromatic heterocycles. The number of hydrogen-bond acceptors (Lipinski definition) is 5. The predicted molar refractivity (Wildman–Crippen MR) is 64.2 cm³/mol. The van der Waals surface area contributed by atoms with Gasteiger partial charge in [0.1, 0.15) is 0 Å². The summed E-state index contributed by atoms with van der Waals surface area (Å²) >= 11 is 0. The van der Waals surface area contributed by atoms with Gasteiger partial charge in [0.15, 0.2) is 0 Å². The summed E-state index contributed by atoms with van der Waals surface area (Å²) < 4.78 is 5.29. The number of nitrogens with one attached hydrogen (secondary N) is 1. The minimum atomic E-state index is -0.317. The molecule has 1 N–H and O–H groups in total. The summed E-state index contributed by atoms with van der Waals surface area (Å²) in [5.74, 6) is 1.15. The highest BCUT2D eigenvalue weighted by molar-refractivity contribution is 5.51. The number of rotatable bonds is 4. The zero-order valence-electron chi connectivity index (χ0n) is 10.3. The maximum absolute atomic E-state index is 5.29. The van der Waals surface area contributed by atoms with Crippen molar-refractivity contribution >= 4 is 0 Å². The molecule has 0 amide bonds. The zero-order valence-corrected chi connectivity index (χ0v) is 10.3. The fourth-order valence-electron chi connectivity index (χ4n) is 1.61. The molecule has 0 aliphatic heterocycles. The standard InChI is InChI=1S/C12H16N4O/c1-4-14-12(2,3)11-15-10(16-17-11)9-6-5-7-13-8-9/h5-8,14H,4H2,1-3H3. The topological polar surface area (TPSA) is 63.8 Å². The second-order valence-corrected chi connectivity index (χ2v) is 4.32. The van der Waals surface area contributed by atoms with Crippen LogP contribution in [0, 0.1) is 0 Å². The van der Waals surface area contributed by atoms with Crippen LogP contribution < -0.4 is 5.32 Å². The molecular formula is C12H16N4O. The van der Waals surface area contributed by atoms with Crippen LogP contribution in [0.2, 0.25) is 0 Å². The Kier molecular flexibility index (Phi) is 3.19. The Labute approximate surface area is 100 Å².